The van der Waals surface area contributed by atoms with Crippen molar-refractivity contribution >= 4 is 16.0 Å². The van der Waals surface area contributed by atoms with Crippen LogP contribution in [-0.4, -0.2) is 31.9 Å². The maximum atomic E-state index is 13.7. The van der Waals surface area contributed by atoms with Gasteiger partial charge in [-0.2, -0.15) is 22.0 Å². The van der Waals surface area contributed by atoms with Crippen molar-refractivity contribution in [2.75, 3.05) is 0 Å². The van der Waals surface area contributed by atoms with Crippen LogP contribution in [0.2, 0.25) is 0 Å². The SMILES string of the molecule is NS(=O)(=O)C(F)(F)C(OC(=O)C12CC3CC(CC(C3)C1)C2)C(F)(F)F. The summed E-state index contributed by atoms with van der Waals surface area (Å²) in [6.45, 7) is 0. The van der Waals surface area contributed by atoms with Crippen molar-refractivity contribution in [3.8, 4) is 0 Å². The van der Waals surface area contributed by atoms with Crippen LogP contribution in [0, 0.1) is 23.2 Å². The molecule has 0 heterocycles. The van der Waals surface area contributed by atoms with Gasteiger partial charge >= 0.3 is 17.4 Å². The lowest BCUT2D eigenvalue weighted by atomic mass is 9.49. The highest BCUT2D eigenvalue weighted by Gasteiger charge is 2.66. The second-order valence-corrected chi connectivity index (χ2v) is 9.27. The molecule has 0 spiro atoms. The summed E-state index contributed by atoms with van der Waals surface area (Å²) in [7, 11) is -5.92. The van der Waals surface area contributed by atoms with Gasteiger partial charge in [0.15, 0.2) is 0 Å². The van der Waals surface area contributed by atoms with Crippen LogP contribution in [0.1, 0.15) is 38.5 Å². The van der Waals surface area contributed by atoms with Crippen molar-refractivity contribution in [2.24, 2.45) is 28.3 Å². The zero-order chi connectivity index (χ0) is 18.8. The van der Waals surface area contributed by atoms with Gasteiger partial charge in [0.05, 0.1) is 5.41 Å². The number of esters is 1. The number of carbonyl (C=O) groups excluding carboxylic acids is 1. The number of primary sulfonamides is 1. The highest BCUT2D eigenvalue weighted by atomic mass is 32.2. The summed E-state index contributed by atoms with van der Waals surface area (Å²) in [6.07, 6.45) is -6.37. The third kappa shape index (κ3) is 3.13. The smallest absolute Gasteiger partial charge is 0.432 e. The van der Waals surface area contributed by atoms with Gasteiger partial charge in [0.2, 0.25) is 0 Å². The molecule has 4 aliphatic rings. The minimum Gasteiger partial charge on any atom is -0.444 e. The number of carbonyl (C=O) groups is 1. The first kappa shape index (κ1) is 18.8. The predicted molar refractivity (Wildman–Crippen MR) is 74.6 cm³/mol. The largest absolute Gasteiger partial charge is 0.444 e. The summed E-state index contributed by atoms with van der Waals surface area (Å²) >= 11 is 0. The molecule has 5 nitrogen and oxygen atoms in total. The van der Waals surface area contributed by atoms with Gasteiger partial charge in [-0.3, -0.25) is 4.79 Å². The Bertz CT molecular complexity index is 640. The minimum absolute atomic E-state index is 0.168. The third-order valence-corrected chi connectivity index (χ3v) is 6.65. The fourth-order valence-electron chi connectivity index (χ4n) is 5.07. The zero-order valence-corrected chi connectivity index (χ0v) is 13.9. The molecule has 0 radical (unpaired) electrons. The van der Waals surface area contributed by atoms with E-state index in [1.54, 1.807) is 0 Å². The molecule has 4 rings (SSSR count). The lowest BCUT2D eigenvalue weighted by molar-refractivity contribution is -0.265. The van der Waals surface area contributed by atoms with Crippen LogP contribution in [-0.2, 0) is 19.6 Å². The number of hydrogen-bond acceptors (Lipinski definition) is 4. The van der Waals surface area contributed by atoms with E-state index in [2.05, 4.69) is 9.88 Å². The predicted octanol–water partition coefficient (Wildman–Crippen LogP) is 2.56. The molecule has 0 aromatic rings. The Hall–Kier alpha value is -0.970. The van der Waals surface area contributed by atoms with Crippen molar-refractivity contribution < 1.29 is 39.9 Å². The average molecular weight is 391 g/mol. The number of sulfonamides is 1. The Kier molecular flexibility index (Phi) is 4.15. The lowest BCUT2D eigenvalue weighted by Crippen LogP contribution is -2.57. The van der Waals surface area contributed by atoms with E-state index in [0.717, 1.165) is 19.3 Å². The number of ether oxygens (including phenoxy) is 1. The van der Waals surface area contributed by atoms with Crippen LogP contribution in [0.5, 0.6) is 0 Å². The number of nitrogens with two attached hydrogens (primary N) is 1. The molecule has 0 amide bonds. The van der Waals surface area contributed by atoms with E-state index >= 15 is 0 Å². The number of halogens is 5. The van der Waals surface area contributed by atoms with E-state index in [-0.39, 0.29) is 17.8 Å². The van der Waals surface area contributed by atoms with Crippen LogP contribution in [0.3, 0.4) is 0 Å². The number of alkyl halides is 5. The van der Waals surface area contributed by atoms with Gasteiger partial charge in [-0.1, -0.05) is 0 Å². The van der Waals surface area contributed by atoms with E-state index in [1.165, 1.54) is 0 Å². The molecule has 1 unspecified atom stereocenters. The molecule has 4 fully saturated rings. The Morgan fingerprint density at radius 3 is 1.72 bits per heavy atom. The summed E-state index contributed by atoms with van der Waals surface area (Å²) in [5, 5.41) is -1.23. The molecule has 2 N–H and O–H groups in total. The molecule has 1 atom stereocenters. The van der Waals surface area contributed by atoms with Crippen molar-refractivity contribution in [1.82, 2.24) is 0 Å². The maximum Gasteiger partial charge on any atom is 0.432 e. The van der Waals surface area contributed by atoms with Crippen LogP contribution < -0.4 is 5.14 Å². The Morgan fingerprint density at radius 1 is 1.00 bits per heavy atom. The molecule has 4 bridgehead atoms. The van der Waals surface area contributed by atoms with Gasteiger partial charge < -0.3 is 4.74 Å². The molecule has 25 heavy (non-hydrogen) atoms. The number of rotatable bonds is 4. The van der Waals surface area contributed by atoms with Gasteiger partial charge in [0.1, 0.15) is 0 Å². The molecule has 144 valence electrons. The summed E-state index contributed by atoms with van der Waals surface area (Å²) in [5.41, 5.74) is -1.23. The second-order valence-electron chi connectivity index (χ2n) is 7.63. The number of hydrogen-bond donors (Lipinski definition) is 1. The average Bonchev–Trinajstić information content (AvgIpc) is 2.40. The van der Waals surface area contributed by atoms with E-state index in [4.69, 9.17) is 0 Å². The van der Waals surface area contributed by atoms with Crippen molar-refractivity contribution in [2.45, 2.75) is 56.1 Å². The second kappa shape index (κ2) is 5.51. The van der Waals surface area contributed by atoms with Gasteiger partial charge in [-0.25, -0.2) is 13.6 Å². The van der Waals surface area contributed by atoms with E-state index in [9.17, 15) is 35.2 Å². The fourth-order valence-corrected chi connectivity index (χ4v) is 5.55. The van der Waals surface area contributed by atoms with Crippen LogP contribution in [0.4, 0.5) is 22.0 Å². The van der Waals surface area contributed by atoms with Crippen LogP contribution >= 0.6 is 0 Å². The molecular weight excluding hydrogens is 373 g/mol. The van der Waals surface area contributed by atoms with Gasteiger partial charge in [-0.15, -0.1) is 0 Å². The monoisotopic (exact) mass is 391 g/mol. The quantitative estimate of drug-likeness (QED) is 0.590. The van der Waals surface area contributed by atoms with E-state index < -0.39 is 38.9 Å². The standard InChI is InChI=1S/C14H18F5NO4S/c15-13(16,17)10(14(18,19)25(20,22)23)24-11(21)12-4-7-1-8(5-12)3-9(2-7)6-12/h7-10H,1-6H2,(H2,20,22,23). The Balaban J connectivity index is 1.87. The summed E-state index contributed by atoms with van der Waals surface area (Å²) in [6, 6.07) is 0. The molecule has 0 aromatic heterocycles. The molecule has 0 aliphatic heterocycles. The Labute approximate surface area is 141 Å². The normalized spacial score (nSPS) is 36.3. The molecule has 11 heteroatoms. The van der Waals surface area contributed by atoms with Crippen molar-refractivity contribution in [3.63, 3.8) is 0 Å². The first-order valence-electron chi connectivity index (χ1n) is 7.92. The fraction of sp³-hybridized carbons (Fsp3) is 0.929. The lowest BCUT2D eigenvalue weighted by Gasteiger charge is -2.55. The van der Waals surface area contributed by atoms with Crippen molar-refractivity contribution in [3.05, 3.63) is 0 Å². The summed E-state index contributed by atoms with van der Waals surface area (Å²) < 4.78 is 92.4. The first-order valence-corrected chi connectivity index (χ1v) is 9.47. The van der Waals surface area contributed by atoms with Crippen LogP contribution in [0.15, 0.2) is 0 Å². The van der Waals surface area contributed by atoms with Gasteiger partial charge in [-0.05, 0) is 56.3 Å². The van der Waals surface area contributed by atoms with Gasteiger partial charge in [0, 0.05) is 0 Å². The zero-order valence-electron chi connectivity index (χ0n) is 13.1. The molecule has 0 aromatic carbocycles. The molecule has 4 saturated carbocycles. The first-order chi connectivity index (χ1) is 11.2. The van der Waals surface area contributed by atoms with Crippen LogP contribution in [0.25, 0.3) is 0 Å². The maximum absolute atomic E-state index is 13.7. The Morgan fingerprint density at radius 2 is 1.40 bits per heavy atom. The molecular formula is C14H18F5NO4S. The topological polar surface area (TPSA) is 86.5 Å². The molecule has 0 saturated heterocycles. The van der Waals surface area contributed by atoms with Gasteiger partial charge in [0.25, 0.3) is 16.1 Å². The summed E-state index contributed by atoms with van der Waals surface area (Å²) in [4.78, 5) is 12.4. The van der Waals surface area contributed by atoms with Crippen molar-refractivity contribution in [1.29, 1.82) is 0 Å². The van der Waals surface area contributed by atoms with E-state index in [1.807, 2.05) is 0 Å². The minimum atomic E-state index is -5.92. The highest BCUT2D eigenvalue weighted by Crippen LogP contribution is 2.60. The summed E-state index contributed by atoms with van der Waals surface area (Å²) in [5.74, 6) is -0.886. The van der Waals surface area contributed by atoms with E-state index in [0.29, 0.717) is 19.3 Å². The highest BCUT2D eigenvalue weighted by molar-refractivity contribution is 7.90. The third-order valence-electron chi connectivity index (χ3n) is 5.68. The molecule has 4 aliphatic carbocycles.